The Kier molecular flexibility index (Phi) is 4.55. The van der Waals surface area contributed by atoms with Crippen molar-refractivity contribution in [1.29, 1.82) is 0 Å². The second-order valence-electron chi connectivity index (χ2n) is 5.98. The van der Waals surface area contributed by atoms with Crippen molar-refractivity contribution < 1.29 is 19.5 Å². The van der Waals surface area contributed by atoms with E-state index in [9.17, 15) is 14.4 Å². The van der Waals surface area contributed by atoms with E-state index in [4.69, 9.17) is 5.11 Å². The largest absolute Gasteiger partial charge is 0.480 e. The summed E-state index contributed by atoms with van der Waals surface area (Å²) in [7, 11) is 0. The van der Waals surface area contributed by atoms with Gasteiger partial charge in [-0.1, -0.05) is 20.8 Å². The summed E-state index contributed by atoms with van der Waals surface area (Å²) in [6.07, 6.45) is 1.35. The monoisotopic (exact) mass is 270 g/mol. The minimum Gasteiger partial charge on any atom is -0.480 e. The van der Waals surface area contributed by atoms with Crippen molar-refractivity contribution in [2.75, 3.05) is 6.54 Å². The number of hydrogen-bond donors (Lipinski definition) is 2. The standard InChI is InChI=1S/C13H22N2O4/c1-8(11(17)18)14-10(16)9-6-5-7-15(9)12(19)13(2,3)4/h8-9H,5-7H2,1-4H3,(H,14,16)(H,17,18)/t8-,9?/m0/s1. The summed E-state index contributed by atoms with van der Waals surface area (Å²) in [4.78, 5) is 36.6. The molecular formula is C13H22N2O4. The van der Waals surface area contributed by atoms with E-state index in [1.807, 2.05) is 20.8 Å². The summed E-state index contributed by atoms with van der Waals surface area (Å²) in [5.41, 5.74) is -0.540. The molecule has 1 fully saturated rings. The van der Waals surface area contributed by atoms with Gasteiger partial charge in [0.25, 0.3) is 0 Å². The quantitative estimate of drug-likeness (QED) is 0.786. The van der Waals surface area contributed by atoms with Gasteiger partial charge in [0.05, 0.1) is 0 Å². The summed E-state index contributed by atoms with van der Waals surface area (Å²) < 4.78 is 0. The molecule has 1 heterocycles. The molecular weight excluding hydrogens is 248 g/mol. The highest BCUT2D eigenvalue weighted by molar-refractivity contribution is 5.92. The minimum atomic E-state index is -1.08. The van der Waals surface area contributed by atoms with Gasteiger partial charge in [0, 0.05) is 12.0 Å². The second kappa shape index (κ2) is 5.59. The Hall–Kier alpha value is -1.59. The van der Waals surface area contributed by atoms with Gasteiger partial charge in [0.15, 0.2) is 0 Å². The molecule has 1 saturated heterocycles. The summed E-state index contributed by atoms with van der Waals surface area (Å²) in [5, 5.41) is 11.2. The number of carbonyl (C=O) groups excluding carboxylic acids is 2. The lowest BCUT2D eigenvalue weighted by atomic mass is 9.94. The van der Waals surface area contributed by atoms with Crippen molar-refractivity contribution in [2.24, 2.45) is 5.41 Å². The molecule has 0 saturated carbocycles. The summed E-state index contributed by atoms with van der Waals surface area (Å²) >= 11 is 0. The number of amides is 2. The number of hydrogen-bond acceptors (Lipinski definition) is 3. The van der Waals surface area contributed by atoms with E-state index < -0.39 is 23.5 Å². The minimum absolute atomic E-state index is 0.0758. The molecule has 2 atom stereocenters. The number of carboxylic acid groups (broad SMARTS) is 1. The maximum Gasteiger partial charge on any atom is 0.325 e. The first-order valence-corrected chi connectivity index (χ1v) is 6.49. The van der Waals surface area contributed by atoms with Crippen LogP contribution in [-0.4, -0.2) is 46.4 Å². The molecule has 108 valence electrons. The second-order valence-corrected chi connectivity index (χ2v) is 5.98. The third kappa shape index (κ3) is 3.68. The van der Waals surface area contributed by atoms with Crippen LogP contribution < -0.4 is 5.32 Å². The first kappa shape index (κ1) is 15.5. The molecule has 0 radical (unpaired) electrons. The molecule has 0 bridgehead atoms. The third-order valence-electron chi connectivity index (χ3n) is 3.19. The van der Waals surface area contributed by atoms with E-state index in [1.54, 1.807) is 4.90 Å². The molecule has 19 heavy (non-hydrogen) atoms. The fourth-order valence-electron chi connectivity index (χ4n) is 2.08. The number of likely N-dealkylation sites (tertiary alicyclic amines) is 1. The molecule has 0 aliphatic carbocycles. The van der Waals surface area contributed by atoms with Crippen molar-refractivity contribution in [3.8, 4) is 0 Å². The summed E-state index contributed by atoms with van der Waals surface area (Å²) in [6.45, 7) is 7.38. The average molecular weight is 270 g/mol. The lowest BCUT2D eigenvalue weighted by molar-refractivity contribution is -0.146. The van der Waals surface area contributed by atoms with Crippen LogP contribution in [0.1, 0.15) is 40.5 Å². The van der Waals surface area contributed by atoms with Gasteiger partial charge in [0.2, 0.25) is 11.8 Å². The Morgan fingerprint density at radius 2 is 1.89 bits per heavy atom. The first-order chi connectivity index (χ1) is 8.64. The van der Waals surface area contributed by atoms with Crippen LogP contribution in [-0.2, 0) is 14.4 Å². The number of rotatable bonds is 3. The van der Waals surface area contributed by atoms with E-state index in [1.165, 1.54) is 6.92 Å². The normalized spacial score (nSPS) is 21.1. The third-order valence-corrected chi connectivity index (χ3v) is 3.19. The Morgan fingerprint density at radius 3 is 2.37 bits per heavy atom. The molecule has 2 N–H and O–H groups in total. The maximum absolute atomic E-state index is 12.2. The number of nitrogens with one attached hydrogen (secondary N) is 1. The predicted molar refractivity (Wildman–Crippen MR) is 69.4 cm³/mol. The molecule has 6 heteroatoms. The molecule has 1 unspecified atom stereocenters. The van der Waals surface area contributed by atoms with Crippen molar-refractivity contribution in [3.63, 3.8) is 0 Å². The SMILES string of the molecule is C[C@H](NC(=O)C1CCCN1C(=O)C(C)(C)C)C(=O)O. The molecule has 6 nitrogen and oxygen atoms in total. The zero-order chi connectivity index (χ0) is 14.8. The highest BCUT2D eigenvalue weighted by Crippen LogP contribution is 2.25. The molecule has 1 rings (SSSR count). The molecule has 1 aliphatic heterocycles. The van der Waals surface area contributed by atoms with E-state index in [-0.39, 0.29) is 11.8 Å². The molecule has 0 aromatic heterocycles. The van der Waals surface area contributed by atoms with Gasteiger partial charge in [-0.25, -0.2) is 0 Å². The van der Waals surface area contributed by atoms with Crippen LogP contribution in [0, 0.1) is 5.41 Å². The fraction of sp³-hybridized carbons (Fsp3) is 0.769. The van der Waals surface area contributed by atoms with Crippen molar-refractivity contribution in [1.82, 2.24) is 10.2 Å². The smallest absolute Gasteiger partial charge is 0.325 e. The molecule has 0 aromatic carbocycles. The molecule has 0 spiro atoms. The first-order valence-electron chi connectivity index (χ1n) is 6.49. The van der Waals surface area contributed by atoms with Crippen LogP contribution in [0.3, 0.4) is 0 Å². The van der Waals surface area contributed by atoms with Gasteiger partial charge in [0.1, 0.15) is 12.1 Å². The van der Waals surface area contributed by atoms with Crippen LogP contribution in [0.15, 0.2) is 0 Å². The van der Waals surface area contributed by atoms with Gasteiger partial charge in [-0.05, 0) is 19.8 Å². The van der Waals surface area contributed by atoms with Crippen LogP contribution >= 0.6 is 0 Å². The van der Waals surface area contributed by atoms with Gasteiger partial charge >= 0.3 is 5.97 Å². The van der Waals surface area contributed by atoms with Crippen molar-refractivity contribution >= 4 is 17.8 Å². The van der Waals surface area contributed by atoms with Gasteiger partial charge < -0.3 is 15.3 Å². The van der Waals surface area contributed by atoms with Gasteiger partial charge in [-0.2, -0.15) is 0 Å². The predicted octanol–water partition coefficient (Wildman–Crippen LogP) is 0.613. The summed E-state index contributed by atoms with van der Waals surface area (Å²) in [5.74, 6) is -1.54. The summed E-state index contributed by atoms with van der Waals surface area (Å²) in [6, 6.07) is -1.49. The number of nitrogens with zero attached hydrogens (tertiary/aromatic N) is 1. The Balaban J connectivity index is 2.74. The van der Waals surface area contributed by atoms with E-state index in [0.717, 1.165) is 6.42 Å². The van der Waals surface area contributed by atoms with Crippen LogP contribution in [0.2, 0.25) is 0 Å². The number of carboxylic acids is 1. The van der Waals surface area contributed by atoms with Crippen molar-refractivity contribution in [3.05, 3.63) is 0 Å². The molecule has 2 amide bonds. The van der Waals surface area contributed by atoms with Crippen LogP contribution in [0.4, 0.5) is 0 Å². The Labute approximate surface area is 113 Å². The van der Waals surface area contributed by atoms with E-state index >= 15 is 0 Å². The average Bonchev–Trinajstić information content (AvgIpc) is 2.74. The highest BCUT2D eigenvalue weighted by Gasteiger charge is 2.39. The lowest BCUT2D eigenvalue weighted by Gasteiger charge is -2.30. The van der Waals surface area contributed by atoms with Crippen LogP contribution in [0.5, 0.6) is 0 Å². The topological polar surface area (TPSA) is 86.7 Å². The Morgan fingerprint density at radius 1 is 1.32 bits per heavy atom. The highest BCUT2D eigenvalue weighted by atomic mass is 16.4. The van der Waals surface area contributed by atoms with E-state index in [2.05, 4.69) is 5.32 Å². The zero-order valence-corrected chi connectivity index (χ0v) is 11.9. The van der Waals surface area contributed by atoms with E-state index in [0.29, 0.717) is 13.0 Å². The van der Waals surface area contributed by atoms with Gasteiger partial charge in [-0.3, -0.25) is 14.4 Å². The molecule has 0 aromatic rings. The zero-order valence-electron chi connectivity index (χ0n) is 11.9. The molecule has 1 aliphatic rings. The lowest BCUT2D eigenvalue weighted by Crippen LogP contribution is -2.52. The number of aliphatic carboxylic acids is 1. The number of carbonyl (C=O) groups is 3. The van der Waals surface area contributed by atoms with Gasteiger partial charge in [-0.15, -0.1) is 0 Å². The maximum atomic E-state index is 12.2. The van der Waals surface area contributed by atoms with Crippen molar-refractivity contribution in [2.45, 2.75) is 52.6 Å². The van der Waals surface area contributed by atoms with Crippen LogP contribution in [0.25, 0.3) is 0 Å². The Bertz CT molecular complexity index is 387. The fourth-order valence-corrected chi connectivity index (χ4v) is 2.08.